The van der Waals surface area contributed by atoms with Gasteiger partial charge in [0, 0.05) is 35.3 Å². The minimum absolute atomic E-state index is 0.124. The lowest BCUT2D eigenvalue weighted by Crippen LogP contribution is -2.51. The molecule has 5 nitrogen and oxygen atoms in total. The highest BCUT2D eigenvalue weighted by atomic mass is 35.5. The predicted molar refractivity (Wildman–Crippen MR) is 158 cm³/mol. The number of hydrogen-bond acceptors (Lipinski definition) is 4. The van der Waals surface area contributed by atoms with Crippen LogP contribution in [0.4, 0.5) is 0 Å². The SMILES string of the molecule is CCCCNC(=O)C(Cc1ccccc1)N(Cc1ccc(Cl)cc1Cl)C(=O)CSCc1ccc(OC)cc1. The Morgan fingerprint density at radius 1 is 1.00 bits per heavy atom. The third kappa shape index (κ3) is 9.26. The van der Waals surface area contributed by atoms with Crippen molar-refractivity contribution in [2.24, 2.45) is 0 Å². The first kappa shape index (κ1) is 29.9. The molecule has 1 atom stereocenters. The van der Waals surface area contributed by atoms with Crippen LogP contribution in [0.2, 0.25) is 10.0 Å². The summed E-state index contributed by atoms with van der Waals surface area (Å²) < 4.78 is 5.23. The smallest absolute Gasteiger partial charge is 0.243 e. The fraction of sp³-hybridized carbons (Fsp3) is 0.333. The van der Waals surface area contributed by atoms with Gasteiger partial charge in [0.25, 0.3) is 0 Å². The summed E-state index contributed by atoms with van der Waals surface area (Å²) in [6.07, 6.45) is 2.24. The number of halogens is 2. The Morgan fingerprint density at radius 3 is 2.39 bits per heavy atom. The molecule has 0 bridgehead atoms. The van der Waals surface area contributed by atoms with Crippen LogP contribution < -0.4 is 10.1 Å². The predicted octanol–water partition coefficient (Wildman–Crippen LogP) is 6.79. The molecule has 0 saturated carbocycles. The number of nitrogens with one attached hydrogen (secondary N) is 1. The van der Waals surface area contributed by atoms with Gasteiger partial charge in [-0.25, -0.2) is 0 Å². The molecule has 3 rings (SSSR count). The number of hydrogen-bond donors (Lipinski definition) is 1. The minimum Gasteiger partial charge on any atom is -0.497 e. The number of carbonyl (C=O) groups is 2. The van der Waals surface area contributed by atoms with E-state index >= 15 is 0 Å². The summed E-state index contributed by atoms with van der Waals surface area (Å²) in [5.74, 6) is 1.39. The van der Waals surface area contributed by atoms with Crippen molar-refractivity contribution in [3.05, 3.63) is 99.5 Å². The van der Waals surface area contributed by atoms with Crippen LogP contribution in [0.15, 0.2) is 72.8 Å². The molecular weight excluding hydrogens is 539 g/mol. The maximum absolute atomic E-state index is 13.7. The second-order valence-corrected chi connectivity index (χ2v) is 10.8. The number of nitrogens with zero attached hydrogens (tertiary/aromatic N) is 1. The normalized spacial score (nSPS) is 11.6. The van der Waals surface area contributed by atoms with E-state index in [9.17, 15) is 9.59 Å². The van der Waals surface area contributed by atoms with Crippen molar-refractivity contribution >= 4 is 46.8 Å². The van der Waals surface area contributed by atoms with Crippen LogP contribution in [0.25, 0.3) is 0 Å². The highest BCUT2D eigenvalue weighted by molar-refractivity contribution is 7.99. The molecule has 8 heteroatoms. The summed E-state index contributed by atoms with van der Waals surface area (Å²) in [4.78, 5) is 28.9. The first-order chi connectivity index (χ1) is 18.4. The van der Waals surface area contributed by atoms with Gasteiger partial charge in [0.05, 0.1) is 12.9 Å². The van der Waals surface area contributed by atoms with Crippen molar-refractivity contribution in [2.45, 2.75) is 44.5 Å². The minimum atomic E-state index is -0.685. The number of thioether (sulfide) groups is 1. The Kier molecular flexibility index (Phi) is 12.3. The number of rotatable bonds is 14. The van der Waals surface area contributed by atoms with E-state index in [0.29, 0.717) is 28.8 Å². The average molecular weight is 574 g/mol. The molecule has 1 unspecified atom stereocenters. The van der Waals surface area contributed by atoms with Crippen molar-refractivity contribution in [1.82, 2.24) is 10.2 Å². The lowest BCUT2D eigenvalue weighted by Gasteiger charge is -2.32. The second-order valence-electron chi connectivity index (χ2n) is 8.95. The Hall–Kier alpha value is -2.67. The number of ether oxygens (including phenoxy) is 1. The molecule has 0 spiro atoms. The Bertz CT molecular complexity index is 1180. The van der Waals surface area contributed by atoms with E-state index in [0.717, 1.165) is 35.3 Å². The van der Waals surface area contributed by atoms with Gasteiger partial charge in [-0.1, -0.05) is 85.1 Å². The van der Waals surface area contributed by atoms with Crippen LogP contribution in [0.5, 0.6) is 5.75 Å². The monoisotopic (exact) mass is 572 g/mol. The molecular formula is C30H34Cl2N2O3S. The number of benzene rings is 3. The zero-order valence-corrected chi connectivity index (χ0v) is 24.1. The molecule has 2 amide bonds. The molecule has 3 aromatic rings. The zero-order chi connectivity index (χ0) is 27.3. The topological polar surface area (TPSA) is 58.6 Å². The van der Waals surface area contributed by atoms with Crippen molar-refractivity contribution < 1.29 is 14.3 Å². The van der Waals surface area contributed by atoms with Gasteiger partial charge in [-0.2, -0.15) is 0 Å². The van der Waals surface area contributed by atoms with E-state index in [-0.39, 0.29) is 24.1 Å². The molecule has 0 heterocycles. The van der Waals surface area contributed by atoms with Crippen molar-refractivity contribution in [2.75, 3.05) is 19.4 Å². The van der Waals surface area contributed by atoms with E-state index in [4.69, 9.17) is 27.9 Å². The number of carbonyl (C=O) groups excluding carboxylic acids is 2. The van der Waals surface area contributed by atoms with Gasteiger partial charge in [-0.3, -0.25) is 9.59 Å². The number of methoxy groups -OCH3 is 1. The molecule has 0 aliphatic rings. The van der Waals surface area contributed by atoms with Gasteiger partial charge < -0.3 is 15.0 Å². The molecule has 202 valence electrons. The largest absolute Gasteiger partial charge is 0.497 e. The molecule has 0 aliphatic carbocycles. The van der Waals surface area contributed by atoms with Crippen molar-refractivity contribution in [3.8, 4) is 5.75 Å². The fourth-order valence-electron chi connectivity index (χ4n) is 3.95. The fourth-order valence-corrected chi connectivity index (χ4v) is 5.29. The number of amides is 2. The Morgan fingerprint density at radius 2 is 1.74 bits per heavy atom. The lowest BCUT2D eigenvalue weighted by molar-refractivity contribution is -0.139. The van der Waals surface area contributed by atoms with E-state index in [1.54, 1.807) is 24.1 Å². The standard InChI is InChI=1S/C30H34Cl2N2O3S/c1-3-4-16-33-30(36)28(17-22-8-6-5-7-9-22)34(19-24-12-13-25(31)18-27(24)32)29(35)21-38-20-23-10-14-26(37-2)15-11-23/h5-15,18,28H,3-4,16-17,19-21H2,1-2H3,(H,33,36). The van der Waals surface area contributed by atoms with E-state index in [1.807, 2.05) is 60.7 Å². The Labute approximate surface area is 239 Å². The van der Waals surface area contributed by atoms with E-state index in [2.05, 4.69) is 12.2 Å². The van der Waals surface area contributed by atoms with Crippen molar-refractivity contribution in [1.29, 1.82) is 0 Å². The van der Waals surface area contributed by atoms with Gasteiger partial charge in [0.15, 0.2) is 0 Å². The van der Waals surface area contributed by atoms with Crippen LogP contribution in [-0.2, 0) is 28.3 Å². The van der Waals surface area contributed by atoms with Crippen LogP contribution in [0.3, 0.4) is 0 Å². The lowest BCUT2D eigenvalue weighted by atomic mass is 10.0. The molecule has 0 aromatic heterocycles. The molecule has 0 fully saturated rings. The summed E-state index contributed by atoms with van der Waals surface area (Å²) >= 11 is 14.1. The molecule has 3 aromatic carbocycles. The van der Waals surface area contributed by atoms with Gasteiger partial charge in [0.1, 0.15) is 11.8 Å². The zero-order valence-electron chi connectivity index (χ0n) is 21.8. The van der Waals surface area contributed by atoms with E-state index in [1.165, 1.54) is 11.8 Å². The maximum Gasteiger partial charge on any atom is 0.243 e. The summed E-state index contributed by atoms with van der Waals surface area (Å²) in [6.45, 7) is 2.85. The second kappa shape index (κ2) is 15.7. The van der Waals surface area contributed by atoms with Crippen LogP contribution in [-0.4, -0.2) is 42.2 Å². The highest BCUT2D eigenvalue weighted by Gasteiger charge is 2.30. The van der Waals surface area contributed by atoms with Crippen LogP contribution >= 0.6 is 35.0 Å². The number of unbranched alkanes of at least 4 members (excludes halogenated alkanes) is 1. The summed E-state index contributed by atoms with van der Waals surface area (Å²) in [5, 5.41) is 4.02. The molecule has 0 saturated heterocycles. The van der Waals surface area contributed by atoms with Gasteiger partial charge in [-0.05, 0) is 47.4 Å². The third-order valence-electron chi connectivity index (χ3n) is 6.11. The summed E-state index contributed by atoms with van der Waals surface area (Å²) in [6, 6.07) is 22.1. The summed E-state index contributed by atoms with van der Waals surface area (Å²) in [7, 11) is 1.63. The first-order valence-electron chi connectivity index (χ1n) is 12.7. The quantitative estimate of drug-likeness (QED) is 0.216. The molecule has 0 aliphatic heterocycles. The van der Waals surface area contributed by atoms with Gasteiger partial charge in [-0.15, -0.1) is 11.8 Å². The molecule has 1 N–H and O–H groups in total. The van der Waals surface area contributed by atoms with Crippen molar-refractivity contribution in [3.63, 3.8) is 0 Å². The van der Waals surface area contributed by atoms with Gasteiger partial charge in [0.2, 0.25) is 11.8 Å². The molecule has 38 heavy (non-hydrogen) atoms. The van der Waals surface area contributed by atoms with Crippen LogP contribution in [0, 0.1) is 0 Å². The third-order valence-corrected chi connectivity index (χ3v) is 7.69. The van der Waals surface area contributed by atoms with E-state index < -0.39 is 6.04 Å². The average Bonchev–Trinajstić information content (AvgIpc) is 2.92. The highest BCUT2D eigenvalue weighted by Crippen LogP contribution is 2.25. The van der Waals surface area contributed by atoms with Gasteiger partial charge >= 0.3 is 0 Å². The molecule has 0 radical (unpaired) electrons. The maximum atomic E-state index is 13.7. The summed E-state index contributed by atoms with van der Waals surface area (Å²) in [5.41, 5.74) is 2.81. The first-order valence-corrected chi connectivity index (χ1v) is 14.6. The van der Waals surface area contributed by atoms with Crippen LogP contribution in [0.1, 0.15) is 36.5 Å². The Balaban J connectivity index is 1.84.